The summed E-state index contributed by atoms with van der Waals surface area (Å²) >= 11 is 0. The Hall–Kier alpha value is -1.51. The lowest BCUT2D eigenvalue weighted by atomic mass is 10.1. The van der Waals surface area contributed by atoms with E-state index in [0.29, 0.717) is 6.10 Å². The van der Waals surface area contributed by atoms with Crippen molar-refractivity contribution in [2.45, 2.75) is 52.1 Å². The number of imidazole rings is 1. The lowest BCUT2D eigenvalue weighted by Gasteiger charge is -2.17. The smallest absolute Gasteiger partial charge is 0.147 e. The van der Waals surface area contributed by atoms with E-state index in [-0.39, 0.29) is 0 Å². The highest BCUT2D eigenvalue weighted by Gasteiger charge is 2.11. The van der Waals surface area contributed by atoms with Crippen molar-refractivity contribution < 1.29 is 4.74 Å². The van der Waals surface area contributed by atoms with E-state index in [9.17, 15) is 0 Å². The second kappa shape index (κ2) is 6.43. The first-order valence-electron chi connectivity index (χ1n) is 6.94. The lowest BCUT2D eigenvalue weighted by Crippen LogP contribution is -2.15. The molecule has 0 fully saturated rings. The molecule has 1 atom stereocenters. The predicted molar refractivity (Wildman–Crippen MR) is 74.9 cm³/mol. The molecule has 98 valence electrons. The van der Waals surface area contributed by atoms with Crippen LogP contribution in [-0.2, 0) is 0 Å². The van der Waals surface area contributed by atoms with Gasteiger partial charge in [0, 0.05) is 0 Å². The Labute approximate surface area is 109 Å². The number of unbranched alkanes of at least 4 members (excludes halogenated alkanes) is 2. The van der Waals surface area contributed by atoms with Gasteiger partial charge in [0.25, 0.3) is 0 Å². The van der Waals surface area contributed by atoms with E-state index in [0.717, 1.165) is 29.6 Å². The second-order valence-corrected chi connectivity index (χ2v) is 4.70. The molecule has 18 heavy (non-hydrogen) atoms. The minimum atomic E-state index is 0.304. The third kappa shape index (κ3) is 3.03. The van der Waals surface area contributed by atoms with Crippen LogP contribution >= 0.6 is 0 Å². The fourth-order valence-electron chi connectivity index (χ4n) is 2.18. The number of ether oxygens (including phenoxy) is 1. The van der Waals surface area contributed by atoms with Crippen LogP contribution < -0.4 is 4.74 Å². The van der Waals surface area contributed by atoms with Gasteiger partial charge in [-0.1, -0.05) is 32.8 Å². The fourth-order valence-corrected chi connectivity index (χ4v) is 2.18. The van der Waals surface area contributed by atoms with Gasteiger partial charge in [0.05, 0.1) is 17.9 Å². The molecule has 0 amide bonds. The highest BCUT2D eigenvalue weighted by Crippen LogP contribution is 2.25. The van der Waals surface area contributed by atoms with Crippen LogP contribution in [0, 0.1) is 0 Å². The molecule has 1 aromatic heterocycles. The van der Waals surface area contributed by atoms with Gasteiger partial charge in [-0.3, -0.25) is 0 Å². The zero-order chi connectivity index (χ0) is 12.8. The molecule has 3 nitrogen and oxygen atoms in total. The first-order chi connectivity index (χ1) is 8.85. The highest BCUT2D eigenvalue weighted by atomic mass is 16.5. The van der Waals surface area contributed by atoms with Crippen molar-refractivity contribution >= 4 is 11.0 Å². The Morgan fingerprint density at radius 3 is 2.94 bits per heavy atom. The Morgan fingerprint density at radius 1 is 1.28 bits per heavy atom. The summed E-state index contributed by atoms with van der Waals surface area (Å²) in [6.07, 6.45) is 7.98. The number of rotatable bonds is 7. The number of hydrogen-bond acceptors (Lipinski definition) is 2. The van der Waals surface area contributed by atoms with E-state index in [2.05, 4.69) is 23.8 Å². The van der Waals surface area contributed by atoms with Crippen molar-refractivity contribution in [1.29, 1.82) is 0 Å². The molecule has 0 bridgehead atoms. The quantitative estimate of drug-likeness (QED) is 0.740. The number of H-pyrrole nitrogens is 1. The minimum Gasteiger partial charge on any atom is -0.488 e. The van der Waals surface area contributed by atoms with Crippen LogP contribution in [0.5, 0.6) is 5.75 Å². The maximum atomic E-state index is 6.10. The van der Waals surface area contributed by atoms with E-state index in [1.165, 1.54) is 19.3 Å². The third-order valence-corrected chi connectivity index (χ3v) is 3.29. The molecule has 0 saturated heterocycles. The maximum Gasteiger partial charge on any atom is 0.147 e. The van der Waals surface area contributed by atoms with Crippen LogP contribution in [-0.4, -0.2) is 16.1 Å². The average molecular weight is 246 g/mol. The van der Waals surface area contributed by atoms with Crippen LogP contribution in [0.15, 0.2) is 24.5 Å². The van der Waals surface area contributed by atoms with Crippen LogP contribution in [0.2, 0.25) is 0 Å². The van der Waals surface area contributed by atoms with E-state index in [1.54, 1.807) is 6.33 Å². The molecule has 0 radical (unpaired) electrons. The molecule has 0 aliphatic heterocycles. The third-order valence-electron chi connectivity index (χ3n) is 3.29. The zero-order valence-electron chi connectivity index (χ0n) is 11.3. The molecule has 1 N–H and O–H groups in total. The molecule has 2 aromatic rings. The first-order valence-corrected chi connectivity index (χ1v) is 6.94. The Balaban J connectivity index is 2.04. The Bertz CT molecular complexity index is 478. The lowest BCUT2D eigenvalue weighted by molar-refractivity contribution is 0.185. The van der Waals surface area contributed by atoms with Gasteiger partial charge in [0.2, 0.25) is 0 Å². The molecule has 0 aliphatic rings. The summed E-state index contributed by atoms with van der Waals surface area (Å²) in [5, 5.41) is 0. The molecule has 0 spiro atoms. The summed E-state index contributed by atoms with van der Waals surface area (Å²) < 4.78 is 6.10. The second-order valence-electron chi connectivity index (χ2n) is 4.70. The van der Waals surface area contributed by atoms with Crippen LogP contribution in [0.1, 0.15) is 46.0 Å². The molecular formula is C15H22N2O. The molecule has 1 aromatic carbocycles. The largest absolute Gasteiger partial charge is 0.488 e. The molecule has 2 rings (SSSR count). The van der Waals surface area contributed by atoms with Crippen LogP contribution in [0.3, 0.4) is 0 Å². The normalized spacial score (nSPS) is 12.8. The van der Waals surface area contributed by atoms with Crippen LogP contribution in [0.4, 0.5) is 0 Å². The van der Waals surface area contributed by atoms with Gasteiger partial charge < -0.3 is 9.72 Å². The van der Waals surface area contributed by atoms with Crippen molar-refractivity contribution in [3.05, 3.63) is 24.5 Å². The summed E-state index contributed by atoms with van der Waals surface area (Å²) in [6.45, 7) is 4.41. The zero-order valence-corrected chi connectivity index (χ0v) is 11.3. The standard InChI is InChI=1S/C15H22N2O/c1-3-5-6-8-12(4-2)18-14-10-7-9-13-15(14)17-11-16-13/h7,9-12H,3-6,8H2,1-2H3,(H,16,17). The molecule has 0 aliphatic carbocycles. The number of benzene rings is 1. The summed E-state index contributed by atoms with van der Waals surface area (Å²) in [4.78, 5) is 7.43. The minimum absolute atomic E-state index is 0.304. The SMILES string of the molecule is CCCCCC(CC)Oc1cccc2[nH]cnc12. The number of fused-ring (bicyclic) bond motifs is 1. The van der Waals surface area contributed by atoms with Crippen molar-refractivity contribution in [2.24, 2.45) is 0 Å². The van der Waals surface area contributed by atoms with Gasteiger partial charge in [-0.05, 0) is 31.4 Å². The summed E-state index contributed by atoms with van der Waals surface area (Å²) in [6, 6.07) is 6.04. The fraction of sp³-hybridized carbons (Fsp3) is 0.533. The summed E-state index contributed by atoms with van der Waals surface area (Å²) in [5.74, 6) is 0.900. The molecule has 1 unspecified atom stereocenters. The van der Waals surface area contributed by atoms with Crippen molar-refractivity contribution in [2.75, 3.05) is 0 Å². The van der Waals surface area contributed by atoms with E-state index in [4.69, 9.17) is 4.74 Å². The van der Waals surface area contributed by atoms with Gasteiger partial charge in [0.1, 0.15) is 11.3 Å². The Kier molecular flexibility index (Phi) is 4.62. The van der Waals surface area contributed by atoms with Crippen molar-refractivity contribution in [1.82, 2.24) is 9.97 Å². The first kappa shape index (κ1) is 12.9. The monoisotopic (exact) mass is 246 g/mol. The number of hydrogen-bond donors (Lipinski definition) is 1. The molecular weight excluding hydrogens is 224 g/mol. The average Bonchev–Trinajstić information content (AvgIpc) is 2.87. The van der Waals surface area contributed by atoms with Gasteiger partial charge >= 0.3 is 0 Å². The van der Waals surface area contributed by atoms with Gasteiger partial charge in [-0.15, -0.1) is 0 Å². The van der Waals surface area contributed by atoms with Gasteiger partial charge in [0.15, 0.2) is 0 Å². The number of para-hydroxylation sites is 1. The number of nitrogens with one attached hydrogen (secondary N) is 1. The van der Waals surface area contributed by atoms with Crippen molar-refractivity contribution in [3.8, 4) is 5.75 Å². The Morgan fingerprint density at radius 2 is 2.17 bits per heavy atom. The van der Waals surface area contributed by atoms with Gasteiger partial charge in [-0.25, -0.2) is 4.98 Å². The van der Waals surface area contributed by atoms with Crippen molar-refractivity contribution in [3.63, 3.8) is 0 Å². The summed E-state index contributed by atoms with van der Waals surface area (Å²) in [5.41, 5.74) is 1.97. The van der Waals surface area contributed by atoms with E-state index < -0.39 is 0 Å². The van der Waals surface area contributed by atoms with E-state index in [1.807, 2.05) is 18.2 Å². The maximum absolute atomic E-state index is 6.10. The number of nitrogens with zero attached hydrogens (tertiary/aromatic N) is 1. The molecule has 0 saturated carbocycles. The van der Waals surface area contributed by atoms with Crippen LogP contribution in [0.25, 0.3) is 11.0 Å². The number of aromatic nitrogens is 2. The molecule has 3 heteroatoms. The number of aromatic amines is 1. The summed E-state index contributed by atoms with van der Waals surface area (Å²) in [7, 11) is 0. The molecule has 1 heterocycles. The highest BCUT2D eigenvalue weighted by molar-refractivity contribution is 5.81. The topological polar surface area (TPSA) is 37.9 Å². The predicted octanol–water partition coefficient (Wildman–Crippen LogP) is 4.30. The van der Waals surface area contributed by atoms with Gasteiger partial charge in [-0.2, -0.15) is 0 Å². The van der Waals surface area contributed by atoms with E-state index >= 15 is 0 Å².